The Kier molecular flexibility index (Phi) is 4.47. The van der Waals surface area contributed by atoms with Crippen LogP contribution in [0.3, 0.4) is 0 Å². The maximum Gasteiger partial charge on any atom is 0.282 e. The highest BCUT2D eigenvalue weighted by atomic mass is 32.2. The minimum atomic E-state index is -3.43. The number of hydrogen-bond donors (Lipinski definition) is 1. The van der Waals surface area contributed by atoms with Crippen LogP contribution in [0.25, 0.3) is 0 Å². The number of amides is 1. The Hall–Kier alpha value is -0.660. The van der Waals surface area contributed by atoms with Gasteiger partial charge in [0.1, 0.15) is 0 Å². The van der Waals surface area contributed by atoms with E-state index in [0.717, 1.165) is 12.8 Å². The summed E-state index contributed by atoms with van der Waals surface area (Å²) < 4.78 is 28.1. The number of rotatable bonds is 3. The molecular formula is C12H23N3O3S. The lowest BCUT2D eigenvalue weighted by molar-refractivity contribution is -0.122. The molecule has 0 aromatic heterocycles. The van der Waals surface area contributed by atoms with Crippen LogP contribution < -0.4 is 5.73 Å². The van der Waals surface area contributed by atoms with Crippen LogP contribution in [0.15, 0.2) is 0 Å². The molecule has 19 heavy (non-hydrogen) atoms. The van der Waals surface area contributed by atoms with Crippen LogP contribution in [0.1, 0.15) is 32.6 Å². The van der Waals surface area contributed by atoms with Gasteiger partial charge < -0.3 is 5.73 Å². The minimum absolute atomic E-state index is 0.239. The maximum absolute atomic E-state index is 12.6. The summed E-state index contributed by atoms with van der Waals surface area (Å²) in [6.07, 6.45) is 3.39. The highest BCUT2D eigenvalue weighted by molar-refractivity contribution is 7.86. The van der Waals surface area contributed by atoms with Crippen molar-refractivity contribution in [1.82, 2.24) is 8.61 Å². The van der Waals surface area contributed by atoms with E-state index < -0.39 is 16.1 Å². The van der Waals surface area contributed by atoms with Crippen molar-refractivity contribution in [2.24, 2.45) is 17.6 Å². The second-order valence-electron chi connectivity index (χ2n) is 5.71. The van der Waals surface area contributed by atoms with Crippen molar-refractivity contribution in [2.45, 2.75) is 32.6 Å². The highest BCUT2D eigenvalue weighted by Crippen LogP contribution is 2.24. The zero-order valence-electron chi connectivity index (χ0n) is 11.4. The van der Waals surface area contributed by atoms with E-state index in [4.69, 9.17) is 5.73 Å². The topological polar surface area (TPSA) is 83.7 Å². The summed E-state index contributed by atoms with van der Waals surface area (Å²) in [5.74, 6) is -0.335. The van der Waals surface area contributed by atoms with Crippen LogP contribution >= 0.6 is 0 Å². The molecule has 0 aliphatic carbocycles. The Morgan fingerprint density at radius 1 is 1.11 bits per heavy atom. The van der Waals surface area contributed by atoms with Gasteiger partial charge in [0.05, 0.1) is 5.92 Å². The maximum atomic E-state index is 12.6. The van der Waals surface area contributed by atoms with E-state index in [1.54, 1.807) is 4.31 Å². The number of primary amides is 1. The van der Waals surface area contributed by atoms with Crippen LogP contribution in [0.4, 0.5) is 0 Å². The Labute approximate surface area is 115 Å². The molecule has 0 radical (unpaired) electrons. The van der Waals surface area contributed by atoms with Gasteiger partial charge in [0.25, 0.3) is 10.2 Å². The summed E-state index contributed by atoms with van der Waals surface area (Å²) in [6.45, 7) is 3.98. The molecule has 2 atom stereocenters. The van der Waals surface area contributed by atoms with Crippen LogP contribution in [0.2, 0.25) is 0 Å². The van der Waals surface area contributed by atoms with E-state index in [-0.39, 0.29) is 12.5 Å². The number of carbonyl (C=O) groups excluding carboxylic acids is 1. The van der Waals surface area contributed by atoms with Gasteiger partial charge in [-0.05, 0) is 31.6 Å². The molecule has 2 saturated heterocycles. The highest BCUT2D eigenvalue weighted by Gasteiger charge is 2.36. The first-order chi connectivity index (χ1) is 8.91. The SMILES string of the molecule is C[C@@H]1CCCN(S(=O)(=O)N2CCC[C@@H](C(N)=O)C2)C1. The van der Waals surface area contributed by atoms with Gasteiger partial charge in [0, 0.05) is 26.2 Å². The number of nitrogens with zero attached hydrogens (tertiary/aromatic N) is 2. The molecule has 0 aromatic carbocycles. The monoisotopic (exact) mass is 289 g/mol. The smallest absolute Gasteiger partial charge is 0.282 e. The van der Waals surface area contributed by atoms with E-state index in [1.165, 1.54) is 4.31 Å². The van der Waals surface area contributed by atoms with Gasteiger partial charge in [-0.1, -0.05) is 6.92 Å². The Morgan fingerprint density at radius 2 is 1.68 bits per heavy atom. The van der Waals surface area contributed by atoms with Crippen LogP contribution in [-0.4, -0.2) is 49.1 Å². The van der Waals surface area contributed by atoms with Crippen molar-refractivity contribution < 1.29 is 13.2 Å². The molecule has 7 heteroatoms. The van der Waals surface area contributed by atoms with E-state index in [9.17, 15) is 13.2 Å². The van der Waals surface area contributed by atoms with Crippen molar-refractivity contribution in [2.75, 3.05) is 26.2 Å². The molecule has 0 bridgehead atoms. The quantitative estimate of drug-likeness (QED) is 0.803. The second kappa shape index (κ2) is 5.76. The van der Waals surface area contributed by atoms with Crippen LogP contribution in [0.5, 0.6) is 0 Å². The zero-order chi connectivity index (χ0) is 14.0. The van der Waals surface area contributed by atoms with Gasteiger partial charge in [-0.15, -0.1) is 0 Å². The van der Waals surface area contributed by atoms with Crippen molar-refractivity contribution >= 4 is 16.1 Å². The molecule has 1 amide bonds. The number of piperidine rings is 2. The predicted octanol–water partition coefficient (Wildman–Crippen LogP) is 0.160. The van der Waals surface area contributed by atoms with Gasteiger partial charge in [-0.25, -0.2) is 0 Å². The third-order valence-corrected chi connectivity index (χ3v) is 6.03. The molecule has 0 unspecified atom stereocenters. The van der Waals surface area contributed by atoms with Crippen molar-refractivity contribution in [3.05, 3.63) is 0 Å². The van der Waals surface area contributed by atoms with Gasteiger partial charge in [-0.3, -0.25) is 4.79 Å². The molecule has 2 fully saturated rings. The molecule has 110 valence electrons. The Balaban J connectivity index is 2.08. The molecule has 2 rings (SSSR count). The van der Waals surface area contributed by atoms with E-state index in [0.29, 0.717) is 38.4 Å². The summed E-state index contributed by atoms with van der Waals surface area (Å²) in [5, 5.41) is 0. The largest absolute Gasteiger partial charge is 0.369 e. The fourth-order valence-corrected chi connectivity index (χ4v) is 4.76. The standard InChI is InChI=1S/C12H23N3O3S/c1-10-4-2-6-14(8-10)19(17,18)15-7-3-5-11(9-15)12(13)16/h10-11H,2-9H2,1H3,(H2,13,16)/t10-,11-/m1/s1. The third-order valence-electron chi connectivity index (χ3n) is 4.06. The lowest BCUT2D eigenvalue weighted by Crippen LogP contribution is -2.52. The molecule has 2 heterocycles. The van der Waals surface area contributed by atoms with Crippen molar-refractivity contribution in [3.8, 4) is 0 Å². The van der Waals surface area contributed by atoms with Gasteiger partial charge in [-0.2, -0.15) is 17.0 Å². The molecular weight excluding hydrogens is 266 g/mol. The second-order valence-corrected chi connectivity index (χ2v) is 7.64. The summed E-state index contributed by atoms with van der Waals surface area (Å²) in [5.41, 5.74) is 5.30. The lowest BCUT2D eigenvalue weighted by Gasteiger charge is -2.37. The first-order valence-electron chi connectivity index (χ1n) is 6.96. The first kappa shape index (κ1) is 14.7. The minimum Gasteiger partial charge on any atom is -0.369 e. The van der Waals surface area contributed by atoms with Gasteiger partial charge >= 0.3 is 0 Å². The molecule has 0 spiro atoms. The summed E-state index contributed by atoms with van der Waals surface area (Å²) in [6, 6.07) is 0. The summed E-state index contributed by atoms with van der Waals surface area (Å²) in [4.78, 5) is 11.2. The Bertz CT molecular complexity index is 438. The average Bonchev–Trinajstić information content (AvgIpc) is 2.39. The normalized spacial score (nSPS) is 31.2. The van der Waals surface area contributed by atoms with Gasteiger partial charge in [0.2, 0.25) is 5.91 Å². The predicted molar refractivity (Wildman–Crippen MR) is 72.4 cm³/mol. The van der Waals surface area contributed by atoms with Crippen molar-refractivity contribution in [3.63, 3.8) is 0 Å². The number of nitrogens with two attached hydrogens (primary N) is 1. The molecule has 2 N–H and O–H groups in total. The van der Waals surface area contributed by atoms with E-state index >= 15 is 0 Å². The van der Waals surface area contributed by atoms with Crippen LogP contribution in [-0.2, 0) is 15.0 Å². The van der Waals surface area contributed by atoms with E-state index in [2.05, 4.69) is 6.92 Å². The van der Waals surface area contributed by atoms with Gasteiger partial charge in [0.15, 0.2) is 0 Å². The summed E-state index contributed by atoms with van der Waals surface area (Å²) in [7, 11) is -3.43. The molecule has 0 aromatic rings. The number of hydrogen-bond acceptors (Lipinski definition) is 3. The first-order valence-corrected chi connectivity index (χ1v) is 8.35. The summed E-state index contributed by atoms with van der Waals surface area (Å²) >= 11 is 0. The lowest BCUT2D eigenvalue weighted by atomic mass is 9.99. The molecule has 6 nitrogen and oxygen atoms in total. The molecule has 2 aliphatic rings. The fourth-order valence-electron chi connectivity index (χ4n) is 2.90. The van der Waals surface area contributed by atoms with Crippen molar-refractivity contribution in [1.29, 1.82) is 0 Å². The van der Waals surface area contributed by atoms with E-state index in [1.807, 2.05) is 0 Å². The molecule has 0 saturated carbocycles. The zero-order valence-corrected chi connectivity index (χ0v) is 12.2. The number of carbonyl (C=O) groups is 1. The molecule has 2 aliphatic heterocycles. The average molecular weight is 289 g/mol. The fraction of sp³-hybridized carbons (Fsp3) is 0.917. The third kappa shape index (κ3) is 3.27. The van der Waals surface area contributed by atoms with Crippen LogP contribution in [0, 0.1) is 11.8 Å². The Morgan fingerprint density at radius 3 is 2.26 bits per heavy atom.